The summed E-state index contributed by atoms with van der Waals surface area (Å²) in [5, 5.41) is 13.1. The zero-order valence-electron chi connectivity index (χ0n) is 12.5. The molecule has 0 fully saturated rings. The van der Waals surface area contributed by atoms with Crippen molar-refractivity contribution >= 4 is 29.6 Å². The minimum Gasteiger partial charge on any atom is -0.368 e. The smallest absolute Gasteiger partial charge is 0.321 e. The SMILES string of the molecule is CCCCNC(=O)NC(=O)CSc1nnc(N)n1C(C)C. The van der Waals surface area contributed by atoms with Crippen LogP contribution < -0.4 is 16.4 Å². The molecule has 1 aromatic rings. The Labute approximate surface area is 128 Å². The molecule has 0 unspecified atom stereocenters. The van der Waals surface area contributed by atoms with Crippen LogP contribution in [0.5, 0.6) is 0 Å². The average molecular weight is 314 g/mol. The van der Waals surface area contributed by atoms with Gasteiger partial charge in [-0.15, -0.1) is 10.2 Å². The summed E-state index contributed by atoms with van der Waals surface area (Å²) < 4.78 is 1.74. The molecule has 0 spiro atoms. The van der Waals surface area contributed by atoms with Crippen molar-refractivity contribution in [3.63, 3.8) is 0 Å². The Morgan fingerprint density at radius 2 is 2.10 bits per heavy atom. The van der Waals surface area contributed by atoms with Gasteiger partial charge >= 0.3 is 6.03 Å². The van der Waals surface area contributed by atoms with E-state index < -0.39 is 6.03 Å². The first-order valence-corrected chi connectivity index (χ1v) is 7.85. The number of rotatable bonds is 7. The Hall–Kier alpha value is -1.77. The number of amides is 3. The van der Waals surface area contributed by atoms with E-state index in [1.165, 1.54) is 11.8 Å². The first-order chi connectivity index (χ1) is 9.95. The number of anilines is 1. The van der Waals surface area contributed by atoms with Crippen molar-refractivity contribution in [2.45, 2.75) is 44.8 Å². The van der Waals surface area contributed by atoms with Gasteiger partial charge in [-0.1, -0.05) is 25.1 Å². The van der Waals surface area contributed by atoms with Crippen molar-refractivity contribution in [2.75, 3.05) is 18.0 Å². The van der Waals surface area contributed by atoms with Gasteiger partial charge in [0.1, 0.15) is 0 Å². The number of urea groups is 1. The van der Waals surface area contributed by atoms with Crippen LogP contribution in [0.25, 0.3) is 0 Å². The first-order valence-electron chi connectivity index (χ1n) is 6.86. The molecule has 0 saturated carbocycles. The summed E-state index contributed by atoms with van der Waals surface area (Å²) in [6.07, 6.45) is 1.86. The number of hydrogen-bond acceptors (Lipinski definition) is 6. The third kappa shape index (κ3) is 5.62. The summed E-state index contributed by atoms with van der Waals surface area (Å²) in [6.45, 7) is 6.48. The fourth-order valence-corrected chi connectivity index (χ4v) is 2.46. The molecule has 0 bridgehead atoms. The molecule has 9 heteroatoms. The Morgan fingerprint density at radius 3 is 2.71 bits per heavy atom. The summed E-state index contributed by atoms with van der Waals surface area (Å²) in [6, 6.07) is -0.373. The number of nitrogens with two attached hydrogens (primary N) is 1. The van der Waals surface area contributed by atoms with Crippen LogP contribution >= 0.6 is 11.8 Å². The summed E-state index contributed by atoms with van der Waals surface area (Å²) >= 11 is 1.19. The van der Waals surface area contributed by atoms with E-state index in [1.54, 1.807) is 4.57 Å². The van der Waals surface area contributed by atoms with Gasteiger partial charge in [0.2, 0.25) is 11.9 Å². The van der Waals surface area contributed by atoms with E-state index in [4.69, 9.17) is 5.73 Å². The average Bonchev–Trinajstić information content (AvgIpc) is 2.78. The molecule has 0 aromatic carbocycles. The molecule has 118 valence electrons. The standard InChI is InChI=1S/C12H22N6O2S/c1-4-5-6-14-11(20)15-9(19)7-21-12-17-16-10(13)18(12)8(2)3/h8H,4-7H2,1-3H3,(H2,13,16)(H2,14,15,19,20). The Kier molecular flexibility index (Phi) is 7.00. The van der Waals surface area contributed by atoms with Crippen molar-refractivity contribution in [3.8, 4) is 0 Å². The maximum absolute atomic E-state index is 11.7. The molecule has 0 aliphatic carbocycles. The van der Waals surface area contributed by atoms with Gasteiger partial charge in [-0.3, -0.25) is 14.7 Å². The van der Waals surface area contributed by atoms with Crippen molar-refractivity contribution in [3.05, 3.63) is 0 Å². The van der Waals surface area contributed by atoms with Crippen molar-refractivity contribution in [1.29, 1.82) is 0 Å². The topological polar surface area (TPSA) is 115 Å². The Morgan fingerprint density at radius 1 is 1.38 bits per heavy atom. The van der Waals surface area contributed by atoms with Gasteiger partial charge in [-0.25, -0.2) is 4.79 Å². The zero-order valence-corrected chi connectivity index (χ0v) is 13.4. The molecule has 0 radical (unpaired) electrons. The van der Waals surface area contributed by atoms with E-state index in [1.807, 2.05) is 20.8 Å². The summed E-state index contributed by atoms with van der Waals surface area (Å²) in [5.41, 5.74) is 5.71. The summed E-state index contributed by atoms with van der Waals surface area (Å²) in [7, 11) is 0. The third-order valence-electron chi connectivity index (χ3n) is 2.61. The number of nitrogen functional groups attached to an aromatic ring is 1. The molecule has 1 aromatic heterocycles. The summed E-state index contributed by atoms with van der Waals surface area (Å²) in [5.74, 6) is 0.00239. The lowest BCUT2D eigenvalue weighted by molar-refractivity contribution is -0.117. The first kappa shape index (κ1) is 17.3. The highest BCUT2D eigenvalue weighted by atomic mass is 32.2. The number of imide groups is 1. The Balaban J connectivity index is 2.41. The second-order valence-corrected chi connectivity index (χ2v) is 5.69. The maximum Gasteiger partial charge on any atom is 0.321 e. The summed E-state index contributed by atoms with van der Waals surface area (Å²) in [4.78, 5) is 23.1. The van der Waals surface area contributed by atoms with Crippen LogP contribution in [-0.2, 0) is 4.79 Å². The molecule has 0 aliphatic heterocycles. The van der Waals surface area contributed by atoms with E-state index >= 15 is 0 Å². The zero-order chi connectivity index (χ0) is 15.8. The number of carbonyl (C=O) groups is 2. The van der Waals surface area contributed by atoms with E-state index in [0.29, 0.717) is 17.6 Å². The van der Waals surface area contributed by atoms with E-state index in [9.17, 15) is 9.59 Å². The van der Waals surface area contributed by atoms with Crippen LogP contribution in [0.1, 0.15) is 39.7 Å². The number of carbonyl (C=O) groups excluding carboxylic acids is 2. The third-order valence-corrected chi connectivity index (χ3v) is 3.55. The predicted octanol–water partition coefficient (Wildman–Crippen LogP) is 1.16. The van der Waals surface area contributed by atoms with Gasteiger partial charge in [0, 0.05) is 12.6 Å². The van der Waals surface area contributed by atoms with Crippen molar-refractivity contribution in [1.82, 2.24) is 25.4 Å². The van der Waals surface area contributed by atoms with Crippen molar-refractivity contribution < 1.29 is 9.59 Å². The minimum atomic E-state index is -0.473. The van der Waals surface area contributed by atoms with Crippen LogP contribution in [0.4, 0.5) is 10.7 Å². The van der Waals surface area contributed by atoms with Crippen LogP contribution in [0.3, 0.4) is 0 Å². The molecule has 0 atom stereocenters. The van der Waals surface area contributed by atoms with Crippen molar-refractivity contribution in [2.24, 2.45) is 0 Å². The second kappa shape index (κ2) is 8.50. The lowest BCUT2D eigenvalue weighted by Crippen LogP contribution is -2.40. The van der Waals surface area contributed by atoms with Gasteiger partial charge in [0.25, 0.3) is 0 Å². The normalized spacial score (nSPS) is 10.7. The van der Waals surface area contributed by atoms with Gasteiger partial charge in [-0.05, 0) is 20.3 Å². The number of nitrogens with one attached hydrogen (secondary N) is 2. The van der Waals surface area contributed by atoms with Gasteiger partial charge in [-0.2, -0.15) is 0 Å². The molecule has 1 heterocycles. The largest absolute Gasteiger partial charge is 0.368 e. The number of thioether (sulfide) groups is 1. The lowest BCUT2D eigenvalue weighted by atomic mass is 10.3. The monoisotopic (exact) mass is 314 g/mol. The fraction of sp³-hybridized carbons (Fsp3) is 0.667. The van der Waals surface area contributed by atoms with E-state index in [-0.39, 0.29) is 17.7 Å². The van der Waals surface area contributed by atoms with Crippen LogP contribution in [0.15, 0.2) is 5.16 Å². The van der Waals surface area contributed by atoms with Crippen LogP contribution in [-0.4, -0.2) is 39.0 Å². The maximum atomic E-state index is 11.7. The van der Waals surface area contributed by atoms with E-state index in [0.717, 1.165) is 12.8 Å². The molecule has 0 aliphatic rings. The quantitative estimate of drug-likeness (QED) is 0.514. The van der Waals surface area contributed by atoms with E-state index in [2.05, 4.69) is 20.8 Å². The predicted molar refractivity (Wildman–Crippen MR) is 82.0 cm³/mol. The fourth-order valence-electron chi connectivity index (χ4n) is 1.59. The molecule has 8 nitrogen and oxygen atoms in total. The highest BCUT2D eigenvalue weighted by Crippen LogP contribution is 2.22. The molecule has 0 saturated heterocycles. The number of unbranched alkanes of at least 4 members (excludes halogenated alkanes) is 1. The molecule has 21 heavy (non-hydrogen) atoms. The minimum absolute atomic E-state index is 0.0754. The molecular formula is C12H22N6O2S. The van der Waals surface area contributed by atoms with Gasteiger partial charge in [0.15, 0.2) is 5.16 Å². The molecule has 4 N–H and O–H groups in total. The highest BCUT2D eigenvalue weighted by Gasteiger charge is 2.15. The van der Waals surface area contributed by atoms with Gasteiger partial charge in [0.05, 0.1) is 5.75 Å². The van der Waals surface area contributed by atoms with Crippen LogP contribution in [0, 0.1) is 0 Å². The molecular weight excluding hydrogens is 292 g/mol. The lowest BCUT2D eigenvalue weighted by Gasteiger charge is -2.11. The number of aromatic nitrogens is 3. The molecule has 3 amide bonds. The Bertz CT molecular complexity index is 488. The number of nitrogens with zero attached hydrogens (tertiary/aromatic N) is 3. The van der Waals surface area contributed by atoms with Crippen LogP contribution in [0.2, 0.25) is 0 Å². The number of hydrogen-bond donors (Lipinski definition) is 3. The molecule has 1 rings (SSSR count). The van der Waals surface area contributed by atoms with Gasteiger partial charge < -0.3 is 11.1 Å². The highest BCUT2D eigenvalue weighted by molar-refractivity contribution is 7.99. The second-order valence-electron chi connectivity index (χ2n) is 4.75.